The van der Waals surface area contributed by atoms with Gasteiger partial charge in [0.15, 0.2) is 5.78 Å². The Bertz CT molecular complexity index is 436. The summed E-state index contributed by atoms with van der Waals surface area (Å²) < 4.78 is 13.2. The van der Waals surface area contributed by atoms with Gasteiger partial charge in [-0.15, -0.1) is 0 Å². The van der Waals surface area contributed by atoms with Crippen LogP contribution in [0.25, 0.3) is 0 Å². The minimum Gasteiger partial charge on any atom is -0.316 e. The van der Waals surface area contributed by atoms with Crippen LogP contribution in [-0.2, 0) is 0 Å². The zero-order valence-corrected chi connectivity index (χ0v) is 11.0. The summed E-state index contributed by atoms with van der Waals surface area (Å²) in [5, 5.41) is 3.33. The maximum Gasteiger partial charge on any atom is 0.168 e. The van der Waals surface area contributed by atoms with Gasteiger partial charge in [-0.3, -0.25) is 4.79 Å². The highest BCUT2D eigenvalue weighted by atomic mass is 19.1. The van der Waals surface area contributed by atoms with Gasteiger partial charge in [0.2, 0.25) is 0 Å². The van der Waals surface area contributed by atoms with E-state index >= 15 is 0 Å². The Hall–Kier alpha value is -1.22. The van der Waals surface area contributed by atoms with Crippen LogP contribution in [-0.4, -0.2) is 18.9 Å². The van der Waals surface area contributed by atoms with Gasteiger partial charge in [0.05, 0.1) is 0 Å². The molecule has 0 radical (unpaired) electrons. The van der Waals surface area contributed by atoms with E-state index in [1.807, 2.05) is 13.8 Å². The predicted octanol–water partition coefficient (Wildman–Crippen LogP) is 3.03. The molecule has 1 aromatic carbocycles. The second-order valence-corrected chi connectivity index (χ2v) is 5.60. The van der Waals surface area contributed by atoms with Gasteiger partial charge < -0.3 is 5.32 Å². The van der Waals surface area contributed by atoms with Crippen molar-refractivity contribution in [3.8, 4) is 0 Å². The van der Waals surface area contributed by atoms with Crippen molar-refractivity contribution in [2.45, 2.75) is 26.7 Å². The molecule has 2 nitrogen and oxygen atoms in total. The molecule has 0 saturated carbocycles. The molecular weight excluding hydrogens is 229 g/mol. The van der Waals surface area contributed by atoms with Crippen LogP contribution in [0, 0.1) is 17.2 Å². The Balaban J connectivity index is 2.20. The van der Waals surface area contributed by atoms with Crippen LogP contribution < -0.4 is 5.32 Å². The van der Waals surface area contributed by atoms with Crippen LogP contribution in [0.5, 0.6) is 0 Å². The number of piperidine rings is 1. The van der Waals surface area contributed by atoms with E-state index in [2.05, 4.69) is 5.32 Å². The third-order valence-electron chi connectivity index (χ3n) is 3.99. The fourth-order valence-corrected chi connectivity index (χ4v) is 2.65. The van der Waals surface area contributed by atoms with Crippen molar-refractivity contribution >= 4 is 5.78 Å². The number of Topliss-reactive ketones (excluding diaryl/α,β-unsaturated/α-hetero) is 1. The summed E-state index contributed by atoms with van der Waals surface area (Å²) in [5.41, 5.74) is 0.0341. The van der Waals surface area contributed by atoms with Gasteiger partial charge >= 0.3 is 0 Å². The van der Waals surface area contributed by atoms with Gasteiger partial charge in [-0.1, -0.05) is 26.0 Å². The molecule has 0 spiro atoms. The molecule has 1 N–H and O–H groups in total. The van der Waals surface area contributed by atoms with E-state index in [1.165, 1.54) is 12.1 Å². The number of halogens is 1. The maximum atomic E-state index is 13.2. The number of nitrogens with one attached hydrogen (secondary N) is 1. The topological polar surface area (TPSA) is 29.1 Å². The predicted molar refractivity (Wildman–Crippen MR) is 70.1 cm³/mol. The monoisotopic (exact) mass is 249 g/mol. The molecule has 1 unspecified atom stereocenters. The highest BCUT2D eigenvalue weighted by Crippen LogP contribution is 2.35. The van der Waals surface area contributed by atoms with Gasteiger partial charge in [0.25, 0.3) is 0 Å². The van der Waals surface area contributed by atoms with E-state index in [4.69, 9.17) is 0 Å². The molecule has 1 fully saturated rings. The van der Waals surface area contributed by atoms with E-state index in [0.717, 1.165) is 25.9 Å². The van der Waals surface area contributed by atoms with Crippen LogP contribution >= 0.6 is 0 Å². The summed E-state index contributed by atoms with van der Waals surface area (Å²) >= 11 is 0. The summed E-state index contributed by atoms with van der Waals surface area (Å²) in [7, 11) is 0. The first kappa shape index (κ1) is 13.2. The van der Waals surface area contributed by atoms with Crippen LogP contribution in [0.1, 0.15) is 37.0 Å². The lowest BCUT2D eigenvalue weighted by atomic mass is 9.70. The Morgan fingerprint density at radius 2 is 2.22 bits per heavy atom. The van der Waals surface area contributed by atoms with Gasteiger partial charge in [0.1, 0.15) is 5.82 Å². The van der Waals surface area contributed by atoms with Crippen molar-refractivity contribution in [2.24, 2.45) is 11.3 Å². The van der Waals surface area contributed by atoms with Crippen molar-refractivity contribution < 1.29 is 9.18 Å². The molecule has 1 aliphatic heterocycles. The molecule has 0 aromatic heterocycles. The molecule has 3 heteroatoms. The number of hydrogen-bond acceptors (Lipinski definition) is 2. The fraction of sp³-hybridized carbons (Fsp3) is 0.533. The summed E-state index contributed by atoms with van der Waals surface area (Å²) in [6.45, 7) is 5.84. The average molecular weight is 249 g/mol. The largest absolute Gasteiger partial charge is 0.316 e. The first-order chi connectivity index (χ1) is 8.51. The third-order valence-corrected chi connectivity index (χ3v) is 3.99. The van der Waals surface area contributed by atoms with E-state index < -0.39 is 5.41 Å². The van der Waals surface area contributed by atoms with Crippen molar-refractivity contribution in [1.29, 1.82) is 0 Å². The summed E-state index contributed by atoms with van der Waals surface area (Å²) in [4.78, 5) is 12.5. The van der Waals surface area contributed by atoms with Crippen molar-refractivity contribution in [2.75, 3.05) is 13.1 Å². The number of hydrogen-bond donors (Lipinski definition) is 1. The van der Waals surface area contributed by atoms with E-state index in [9.17, 15) is 9.18 Å². The van der Waals surface area contributed by atoms with E-state index in [0.29, 0.717) is 11.5 Å². The molecule has 1 saturated heterocycles. The lowest BCUT2D eigenvalue weighted by Gasteiger charge is -2.36. The van der Waals surface area contributed by atoms with Crippen molar-refractivity contribution in [3.63, 3.8) is 0 Å². The third kappa shape index (κ3) is 2.61. The quantitative estimate of drug-likeness (QED) is 0.834. The first-order valence-corrected chi connectivity index (χ1v) is 6.53. The Labute approximate surface area is 108 Å². The Morgan fingerprint density at radius 3 is 2.83 bits per heavy atom. The van der Waals surface area contributed by atoms with Crippen LogP contribution in [0.15, 0.2) is 24.3 Å². The zero-order valence-electron chi connectivity index (χ0n) is 11.0. The molecule has 1 aliphatic rings. The molecular formula is C15H20FNO. The van der Waals surface area contributed by atoms with Crippen LogP contribution in [0.4, 0.5) is 4.39 Å². The van der Waals surface area contributed by atoms with Crippen molar-refractivity contribution in [1.82, 2.24) is 5.32 Å². The number of benzene rings is 1. The molecule has 1 atom stereocenters. The number of carbonyl (C=O) groups is 1. The number of ketones is 1. The minimum absolute atomic E-state index is 0.0377. The Morgan fingerprint density at radius 1 is 1.44 bits per heavy atom. The normalized spacial score (nSPS) is 20.7. The van der Waals surface area contributed by atoms with Crippen molar-refractivity contribution in [3.05, 3.63) is 35.6 Å². The minimum atomic E-state index is -0.443. The molecule has 18 heavy (non-hydrogen) atoms. The molecule has 2 rings (SSSR count). The van der Waals surface area contributed by atoms with Crippen LogP contribution in [0.3, 0.4) is 0 Å². The molecule has 1 aromatic rings. The van der Waals surface area contributed by atoms with Crippen LogP contribution in [0.2, 0.25) is 0 Å². The van der Waals surface area contributed by atoms with E-state index in [1.54, 1.807) is 12.1 Å². The van der Waals surface area contributed by atoms with Gasteiger partial charge in [-0.05, 0) is 44.0 Å². The highest BCUT2D eigenvalue weighted by Gasteiger charge is 2.37. The van der Waals surface area contributed by atoms with Gasteiger partial charge in [0, 0.05) is 11.0 Å². The summed E-state index contributed by atoms with van der Waals surface area (Å²) in [6, 6.07) is 5.99. The SMILES string of the molecule is CC(C)(C(=O)c1cccc(F)c1)C1CCCNC1. The lowest BCUT2D eigenvalue weighted by Crippen LogP contribution is -2.42. The zero-order chi connectivity index (χ0) is 13.2. The summed E-state index contributed by atoms with van der Waals surface area (Å²) in [5.74, 6) is 0.0103. The average Bonchev–Trinajstić information content (AvgIpc) is 2.39. The Kier molecular flexibility index (Phi) is 3.81. The molecule has 0 aliphatic carbocycles. The molecule has 0 amide bonds. The molecule has 0 bridgehead atoms. The fourth-order valence-electron chi connectivity index (χ4n) is 2.65. The first-order valence-electron chi connectivity index (χ1n) is 6.53. The van der Waals surface area contributed by atoms with Gasteiger partial charge in [-0.2, -0.15) is 0 Å². The highest BCUT2D eigenvalue weighted by molar-refractivity contribution is 6.00. The molecule has 1 heterocycles. The second kappa shape index (κ2) is 5.19. The van der Waals surface area contributed by atoms with Gasteiger partial charge in [-0.25, -0.2) is 4.39 Å². The molecule has 98 valence electrons. The lowest BCUT2D eigenvalue weighted by molar-refractivity contribution is 0.0708. The number of carbonyl (C=O) groups excluding carboxylic acids is 1. The standard InChI is InChI=1S/C15H20FNO/c1-15(2,12-6-4-8-17-10-12)14(18)11-5-3-7-13(16)9-11/h3,5,7,9,12,17H,4,6,8,10H2,1-2H3. The number of rotatable bonds is 3. The van der Waals surface area contributed by atoms with E-state index in [-0.39, 0.29) is 11.6 Å². The maximum absolute atomic E-state index is 13.2. The smallest absolute Gasteiger partial charge is 0.168 e. The second-order valence-electron chi connectivity index (χ2n) is 5.60. The summed E-state index contributed by atoms with van der Waals surface area (Å²) in [6.07, 6.45) is 2.16.